The van der Waals surface area contributed by atoms with Crippen LogP contribution in [0.25, 0.3) is 0 Å². The quantitative estimate of drug-likeness (QED) is 0.584. The van der Waals surface area contributed by atoms with Gasteiger partial charge in [0.15, 0.2) is 0 Å². The fraction of sp³-hybridized carbons (Fsp3) is 0.467. The van der Waals surface area contributed by atoms with Gasteiger partial charge in [0.05, 0.1) is 19.3 Å². The van der Waals surface area contributed by atoms with Gasteiger partial charge in [-0.2, -0.15) is 0 Å². The molecular weight excluding hydrogens is 208 g/mol. The first-order chi connectivity index (χ1) is 8.18. The second-order valence-corrected chi connectivity index (χ2v) is 4.46. The van der Waals surface area contributed by atoms with Gasteiger partial charge in [-0.3, -0.25) is 4.48 Å². The van der Waals surface area contributed by atoms with E-state index in [0.29, 0.717) is 0 Å². The predicted molar refractivity (Wildman–Crippen MR) is 77.8 cm³/mol. The van der Waals surface area contributed by atoms with Gasteiger partial charge in [0, 0.05) is 11.8 Å². The molecule has 1 aromatic carbocycles. The number of anilines is 1. The summed E-state index contributed by atoms with van der Waals surface area (Å²) < 4.78 is 0.898. The predicted octanol–water partition coefficient (Wildman–Crippen LogP) is 3.93. The Bertz CT molecular complexity index is 371. The molecule has 1 rings (SSSR count). The van der Waals surface area contributed by atoms with Crippen molar-refractivity contribution in [2.45, 2.75) is 33.6 Å². The number of benzene rings is 1. The SMILES string of the molecule is CC/C=C/[N+](CC)(CCC)c1cccc(N)c1. The fourth-order valence-corrected chi connectivity index (χ4v) is 2.24. The van der Waals surface area contributed by atoms with E-state index in [0.717, 1.165) is 36.1 Å². The molecule has 0 saturated heterocycles. The zero-order valence-electron chi connectivity index (χ0n) is 11.3. The van der Waals surface area contributed by atoms with Gasteiger partial charge < -0.3 is 5.73 Å². The van der Waals surface area contributed by atoms with E-state index in [1.807, 2.05) is 12.1 Å². The fourth-order valence-electron chi connectivity index (χ4n) is 2.24. The molecule has 0 radical (unpaired) electrons. The molecule has 0 aliphatic rings. The summed E-state index contributed by atoms with van der Waals surface area (Å²) in [6.45, 7) is 8.82. The number of nitrogen functional groups attached to an aromatic ring is 1. The zero-order valence-corrected chi connectivity index (χ0v) is 11.3. The van der Waals surface area contributed by atoms with Crippen LogP contribution in [-0.2, 0) is 0 Å². The van der Waals surface area contributed by atoms with Crippen molar-refractivity contribution < 1.29 is 0 Å². The van der Waals surface area contributed by atoms with Crippen LogP contribution in [0, 0.1) is 0 Å². The van der Waals surface area contributed by atoms with Crippen molar-refractivity contribution >= 4 is 11.4 Å². The summed E-state index contributed by atoms with van der Waals surface area (Å²) in [5.41, 5.74) is 8.04. The Hall–Kier alpha value is -1.28. The van der Waals surface area contributed by atoms with Crippen LogP contribution < -0.4 is 10.2 Å². The molecule has 0 aromatic heterocycles. The lowest BCUT2D eigenvalue weighted by Gasteiger charge is -2.33. The van der Waals surface area contributed by atoms with Crippen molar-refractivity contribution in [1.29, 1.82) is 0 Å². The minimum absolute atomic E-state index is 0.847. The zero-order chi connectivity index (χ0) is 12.7. The Morgan fingerprint density at radius 1 is 1.24 bits per heavy atom. The maximum absolute atomic E-state index is 5.90. The molecule has 1 atom stereocenters. The third-order valence-electron chi connectivity index (χ3n) is 3.20. The first-order valence-corrected chi connectivity index (χ1v) is 6.59. The van der Waals surface area contributed by atoms with E-state index in [1.54, 1.807) is 0 Å². The first-order valence-electron chi connectivity index (χ1n) is 6.59. The highest BCUT2D eigenvalue weighted by molar-refractivity contribution is 5.55. The van der Waals surface area contributed by atoms with Crippen molar-refractivity contribution in [3.63, 3.8) is 0 Å². The van der Waals surface area contributed by atoms with Crippen molar-refractivity contribution in [3.8, 4) is 0 Å². The number of hydrogen-bond acceptors (Lipinski definition) is 1. The van der Waals surface area contributed by atoms with E-state index in [2.05, 4.69) is 45.2 Å². The smallest absolute Gasteiger partial charge is 0.139 e. The van der Waals surface area contributed by atoms with Crippen LogP contribution in [0.2, 0.25) is 0 Å². The van der Waals surface area contributed by atoms with Crippen LogP contribution in [0.4, 0.5) is 11.4 Å². The molecule has 0 fully saturated rings. The molecule has 0 heterocycles. The molecule has 0 bridgehead atoms. The van der Waals surface area contributed by atoms with Gasteiger partial charge in [-0.15, -0.1) is 0 Å². The molecule has 94 valence electrons. The number of allylic oxidation sites excluding steroid dienone is 1. The lowest BCUT2D eigenvalue weighted by molar-refractivity contribution is 0.386. The minimum Gasteiger partial charge on any atom is -0.399 e. The standard InChI is InChI=1S/C15H25N2/c1-4-7-12-17(6-3,11-5-2)15-10-8-9-14(16)13-15/h7-10,12-13H,4-6,11,16H2,1-3H3/q+1/b12-7+. The van der Waals surface area contributed by atoms with E-state index < -0.39 is 0 Å². The van der Waals surface area contributed by atoms with Gasteiger partial charge in [-0.25, -0.2) is 0 Å². The molecule has 17 heavy (non-hydrogen) atoms. The van der Waals surface area contributed by atoms with Crippen LogP contribution in [0.15, 0.2) is 36.5 Å². The Labute approximate surface area is 105 Å². The van der Waals surface area contributed by atoms with Crippen LogP contribution in [0.3, 0.4) is 0 Å². The second-order valence-electron chi connectivity index (χ2n) is 4.46. The molecule has 0 amide bonds. The van der Waals surface area contributed by atoms with Gasteiger partial charge in [0.2, 0.25) is 0 Å². The summed E-state index contributed by atoms with van der Waals surface area (Å²) in [7, 11) is 0. The second kappa shape index (κ2) is 6.45. The van der Waals surface area contributed by atoms with Crippen molar-refractivity contribution in [1.82, 2.24) is 4.48 Å². The monoisotopic (exact) mass is 233 g/mol. The molecule has 0 spiro atoms. The number of hydrogen-bond donors (Lipinski definition) is 1. The van der Waals surface area contributed by atoms with Gasteiger partial charge in [-0.1, -0.05) is 19.9 Å². The Kier molecular flexibility index (Phi) is 5.23. The third kappa shape index (κ3) is 3.34. The average molecular weight is 233 g/mol. The molecule has 0 saturated carbocycles. The number of nitrogens with two attached hydrogens (primary N) is 1. The van der Waals surface area contributed by atoms with Gasteiger partial charge >= 0.3 is 0 Å². The molecular formula is C15H25N2+. The highest BCUT2D eigenvalue weighted by atomic mass is 15.3. The normalized spacial score (nSPS) is 15.0. The third-order valence-corrected chi connectivity index (χ3v) is 3.20. The molecule has 1 unspecified atom stereocenters. The average Bonchev–Trinajstić information content (AvgIpc) is 2.34. The number of nitrogens with zero attached hydrogens (tertiary/aromatic N) is 1. The highest BCUT2D eigenvalue weighted by Gasteiger charge is 2.24. The molecule has 2 N–H and O–H groups in total. The summed E-state index contributed by atoms with van der Waals surface area (Å²) in [4.78, 5) is 0. The molecule has 1 aromatic rings. The summed E-state index contributed by atoms with van der Waals surface area (Å²) in [5.74, 6) is 0. The van der Waals surface area contributed by atoms with E-state index >= 15 is 0 Å². The van der Waals surface area contributed by atoms with Crippen molar-refractivity contribution in [3.05, 3.63) is 36.5 Å². The van der Waals surface area contributed by atoms with Gasteiger partial charge in [-0.05, 0) is 38.0 Å². The van der Waals surface area contributed by atoms with E-state index in [4.69, 9.17) is 5.73 Å². The van der Waals surface area contributed by atoms with Crippen LogP contribution in [-0.4, -0.2) is 13.1 Å². The lowest BCUT2D eigenvalue weighted by atomic mass is 10.2. The minimum atomic E-state index is 0.847. The first kappa shape index (κ1) is 13.8. The maximum Gasteiger partial charge on any atom is 0.139 e. The van der Waals surface area contributed by atoms with Gasteiger partial charge in [0.25, 0.3) is 0 Å². The summed E-state index contributed by atoms with van der Waals surface area (Å²) in [6.07, 6.45) is 6.81. The summed E-state index contributed by atoms with van der Waals surface area (Å²) in [6, 6.07) is 8.26. The highest BCUT2D eigenvalue weighted by Crippen LogP contribution is 2.26. The van der Waals surface area contributed by atoms with Crippen LogP contribution in [0.1, 0.15) is 33.6 Å². The largest absolute Gasteiger partial charge is 0.399 e. The number of rotatable bonds is 6. The van der Waals surface area contributed by atoms with E-state index in [1.165, 1.54) is 5.69 Å². The summed E-state index contributed by atoms with van der Waals surface area (Å²) >= 11 is 0. The Morgan fingerprint density at radius 2 is 2.00 bits per heavy atom. The van der Waals surface area contributed by atoms with Gasteiger partial charge in [0.1, 0.15) is 5.69 Å². The van der Waals surface area contributed by atoms with Crippen molar-refractivity contribution in [2.24, 2.45) is 0 Å². The Balaban J connectivity index is 3.15. The van der Waals surface area contributed by atoms with Crippen molar-refractivity contribution in [2.75, 3.05) is 18.8 Å². The lowest BCUT2D eigenvalue weighted by Crippen LogP contribution is -2.44. The topological polar surface area (TPSA) is 26.0 Å². The maximum atomic E-state index is 5.90. The van der Waals surface area contributed by atoms with E-state index in [-0.39, 0.29) is 0 Å². The molecule has 2 heteroatoms. The Morgan fingerprint density at radius 3 is 2.53 bits per heavy atom. The molecule has 0 aliphatic carbocycles. The van der Waals surface area contributed by atoms with Crippen LogP contribution >= 0.6 is 0 Å². The number of quaternary nitrogens is 1. The molecule has 0 aliphatic heterocycles. The van der Waals surface area contributed by atoms with E-state index in [9.17, 15) is 0 Å². The summed E-state index contributed by atoms with van der Waals surface area (Å²) in [5, 5.41) is 0. The molecule has 2 nitrogen and oxygen atoms in total. The van der Waals surface area contributed by atoms with Crippen LogP contribution in [0.5, 0.6) is 0 Å².